The molecule has 2 aromatic heterocycles. The van der Waals surface area contributed by atoms with Gasteiger partial charge in [0, 0.05) is 48.2 Å². The zero-order valence-electron chi connectivity index (χ0n) is 17.6. The summed E-state index contributed by atoms with van der Waals surface area (Å²) in [5.41, 5.74) is 16.3. The number of pyridine rings is 1. The third-order valence-corrected chi connectivity index (χ3v) is 5.66. The van der Waals surface area contributed by atoms with Crippen molar-refractivity contribution in [2.24, 2.45) is 0 Å². The summed E-state index contributed by atoms with van der Waals surface area (Å²) in [6.07, 6.45) is 1.69. The average Bonchev–Trinajstić information content (AvgIpc) is 2.84. The Labute approximate surface area is 189 Å². The standard InChI is InChI=1S/C23H21N7O3/c24-22-19-18(14-4-6-16(7-5-14)29-8-10-33-11-9-29)13-26-20(21(19)27-23(25)28-22)15-2-1-3-17(12-15)30(31)32/h1-7,12-13H,8-11H2,(H4,24,25,27,28). The number of hydrogen-bond acceptors (Lipinski definition) is 9. The van der Waals surface area contributed by atoms with E-state index in [0.29, 0.717) is 35.4 Å². The Hall–Kier alpha value is -4.31. The van der Waals surface area contributed by atoms with Gasteiger partial charge in [0.1, 0.15) is 11.3 Å². The Kier molecular flexibility index (Phi) is 5.19. The van der Waals surface area contributed by atoms with E-state index < -0.39 is 4.92 Å². The molecule has 4 N–H and O–H groups in total. The molecule has 5 rings (SSSR count). The number of nitro groups is 1. The summed E-state index contributed by atoms with van der Waals surface area (Å²) in [4.78, 5) is 26.2. The molecule has 0 unspecified atom stereocenters. The highest BCUT2D eigenvalue weighted by Gasteiger charge is 2.19. The van der Waals surface area contributed by atoms with Crippen molar-refractivity contribution in [2.45, 2.75) is 0 Å². The second-order valence-corrected chi connectivity index (χ2v) is 7.66. The number of rotatable bonds is 4. The minimum atomic E-state index is -0.451. The summed E-state index contributed by atoms with van der Waals surface area (Å²) in [6, 6.07) is 14.3. The van der Waals surface area contributed by atoms with Crippen LogP contribution in [0.1, 0.15) is 0 Å². The molecule has 166 valence electrons. The van der Waals surface area contributed by atoms with E-state index in [1.54, 1.807) is 18.3 Å². The lowest BCUT2D eigenvalue weighted by atomic mass is 9.99. The van der Waals surface area contributed by atoms with Crippen LogP contribution in [0.2, 0.25) is 0 Å². The Bertz CT molecular complexity index is 1350. The molecular formula is C23H21N7O3. The fourth-order valence-electron chi connectivity index (χ4n) is 4.06. The quantitative estimate of drug-likeness (QED) is 0.358. The number of morpholine rings is 1. The number of benzene rings is 2. The summed E-state index contributed by atoms with van der Waals surface area (Å²) in [5, 5.41) is 11.8. The van der Waals surface area contributed by atoms with Crippen LogP contribution in [-0.4, -0.2) is 46.2 Å². The highest BCUT2D eigenvalue weighted by molar-refractivity contribution is 6.06. The van der Waals surface area contributed by atoms with Crippen molar-refractivity contribution in [1.82, 2.24) is 15.0 Å². The number of fused-ring (bicyclic) bond motifs is 1. The molecule has 0 radical (unpaired) electrons. The first-order valence-electron chi connectivity index (χ1n) is 10.4. The van der Waals surface area contributed by atoms with Crippen molar-refractivity contribution in [1.29, 1.82) is 0 Å². The van der Waals surface area contributed by atoms with Crippen molar-refractivity contribution in [3.05, 3.63) is 64.8 Å². The Morgan fingerprint density at radius 1 is 1.00 bits per heavy atom. The summed E-state index contributed by atoms with van der Waals surface area (Å²) in [6.45, 7) is 3.12. The topological polar surface area (TPSA) is 146 Å². The van der Waals surface area contributed by atoms with Gasteiger partial charge in [-0.05, 0) is 17.7 Å². The molecule has 0 saturated carbocycles. The lowest BCUT2D eigenvalue weighted by Gasteiger charge is -2.29. The van der Waals surface area contributed by atoms with Crippen molar-refractivity contribution in [3.63, 3.8) is 0 Å². The van der Waals surface area contributed by atoms with Crippen LogP contribution in [0.5, 0.6) is 0 Å². The Morgan fingerprint density at radius 2 is 1.76 bits per heavy atom. The maximum Gasteiger partial charge on any atom is 0.270 e. The van der Waals surface area contributed by atoms with Crippen LogP contribution < -0.4 is 16.4 Å². The van der Waals surface area contributed by atoms with E-state index in [9.17, 15) is 10.1 Å². The number of nitrogen functional groups attached to an aromatic ring is 2. The molecule has 2 aromatic carbocycles. The molecule has 0 atom stereocenters. The predicted octanol–water partition coefficient (Wildman–Crippen LogP) is 3.27. The number of hydrogen-bond donors (Lipinski definition) is 2. The van der Waals surface area contributed by atoms with Gasteiger partial charge in [-0.25, -0.2) is 4.98 Å². The Morgan fingerprint density at radius 3 is 2.48 bits per heavy atom. The lowest BCUT2D eigenvalue weighted by Crippen LogP contribution is -2.36. The van der Waals surface area contributed by atoms with Crippen molar-refractivity contribution < 1.29 is 9.66 Å². The summed E-state index contributed by atoms with van der Waals surface area (Å²) in [5.74, 6) is 0.229. The van der Waals surface area contributed by atoms with E-state index >= 15 is 0 Å². The van der Waals surface area contributed by atoms with Crippen molar-refractivity contribution >= 4 is 34.0 Å². The normalized spacial score (nSPS) is 13.9. The van der Waals surface area contributed by atoms with Crippen LogP contribution in [0.15, 0.2) is 54.7 Å². The van der Waals surface area contributed by atoms with Crippen molar-refractivity contribution in [2.75, 3.05) is 42.7 Å². The minimum absolute atomic E-state index is 0.00768. The van der Waals surface area contributed by atoms with Gasteiger partial charge in [0.25, 0.3) is 5.69 Å². The van der Waals surface area contributed by atoms with Gasteiger partial charge in [0.15, 0.2) is 0 Å². The number of aromatic nitrogens is 3. The van der Waals surface area contributed by atoms with Crippen LogP contribution in [0.25, 0.3) is 33.3 Å². The number of nitro benzene ring substituents is 1. The fraction of sp³-hybridized carbons (Fsp3) is 0.174. The van der Waals surface area contributed by atoms with E-state index in [2.05, 4.69) is 32.0 Å². The fourth-order valence-corrected chi connectivity index (χ4v) is 4.06. The molecule has 0 spiro atoms. The Balaban J connectivity index is 1.63. The molecule has 1 saturated heterocycles. The molecule has 0 amide bonds. The van der Waals surface area contributed by atoms with Gasteiger partial charge >= 0.3 is 0 Å². The number of anilines is 3. The van der Waals surface area contributed by atoms with Gasteiger partial charge in [-0.1, -0.05) is 24.3 Å². The molecular weight excluding hydrogens is 422 g/mol. The maximum atomic E-state index is 11.2. The van der Waals surface area contributed by atoms with E-state index in [1.165, 1.54) is 12.1 Å². The lowest BCUT2D eigenvalue weighted by molar-refractivity contribution is -0.384. The molecule has 1 aliphatic rings. The van der Waals surface area contributed by atoms with E-state index in [4.69, 9.17) is 16.2 Å². The van der Waals surface area contributed by atoms with Gasteiger partial charge in [-0.15, -0.1) is 0 Å². The molecule has 33 heavy (non-hydrogen) atoms. The molecule has 0 bridgehead atoms. The second kappa shape index (κ2) is 8.32. The third-order valence-electron chi connectivity index (χ3n) is 5.66. The molecule has 4 aromatic rings. The molecule has 1 aliphatic heterocycles. The summed E-state index contributed by atoms with van der Waals surface area (Å²) >= 11 is 0. The maximum absolute atomic E-state index is 11.2. The monoisotopic (exact) mass is 443 g/mol. The van der Waals surface area contributed by atoms with E-state index in [0.717, 1.165) is 29.9 Å². The van der Waals surface area contributed by atoms with Crippen LogP contribution >= 0.6 is 0 Å². The first kappa shape index (κ1) is 20.6. The zero-order chi connectivity index (χ0) is 22.9. The van der Waals surface area contributed by atoms with Crippen LogP contribution in [0.3, 0.4) is 0 Å². The minimum Gasteiger partial charge on any atom is -0.383 e. The molecule has 10 heteroatoms. The molecule has 10 nitrogen and oxygen atoms in total. The molecule has 1 fully saturated rings. The highest BCUT2D eigenvalue weighted by Crippen LogP contribution is 2.37. The molecule has 3 heterocycles. The van der Waals surface area contributed by atoms with Gasteiger partial charge in [0.05, 0.1) is 29.2 Å². The van der Waals surface area contributed by atoms with E-state index in [-0.39, 0.29) is 17.5 Å². The number of nitrogens with two attached hydrogens (primary N) is 2. The highest BCUT2D eigenvalue weighted by atomic mass is 16.6. The smallest absolute Gasteiger partial charge is 0.270 e. The largest absolute Gasteiger partial charge is 0.383 e. The number of nitrogens with zero attached hydrogens (tertiary/aromatic N) is 5. The van der Waals surface area contributed by atoms with Crippen LogP contribution in [0.4, 0.5) is 23.1 Å². The van der Waals surface area contributed by atoms with Gasteiger partial charge in [-0.3, -0.25) is 15.1 Å². The first-order valence-corrected chi connectivity index (χ1v) is 10.4. The summed E-state index contributed by atoms with van der Waals surface area (Å²) < 4.78 is 5.43. The van der Waals surface area contributed by atoms with E-state index in [1.807, 2.05) is 12.1 Å². The average molecular weight is 443 g/mol. The first-order chi connectivity index (χ1) is 16.0. The predicted molar refractivity (Wildman–Crippen MR) is 127 cm³/mol. The summed E-state index contributed by atoms with van der Waals surface area (Å²) in [7, 11) is 0. The SMILES string of the molecule is Nc1nc(N)c2c(-c3ccc(N4CCOCC4)cc3)cnc(-c3cccc([N+](=O)[O-])c3)c2n1. The second-order valence-electron chi connectivity index (χ2n) is 7.66. The van der Waals surface area contributed by atoms with Gasteiger partial charge in [0.2, 0.25) is 5.95 Å². The number of ether oxygens (including phenoxy) is 1. The van der Waals surface area contributed by atoms with Gasteiger partial charge in [-0.2, -0.15) is 4.98 Å². The van der Waals surface area contributed by atoms with Gasteiger partial charge < -0.3 is 21.1 Å². The zero-order valence-corrected chi connectivity index (χ0v) is 17.6. The number of non-ortho nitro benzene ring substituents is 1. The third kappa shape index (κ3) is 3.87. The molecule has 0 aliphatic carbocycles. The van der Waals surface area contributed by atoms with Crippen LogP contribution in [-0.2, 0) is 4.74 Å². The van der Waals surface area contributed by atoms with Crippen molar-refractivity contribution in [3.8, 4) is 22.4 Å². The van der Waals surface area contributed by atoms with Crippen LogP contribution in [0, 0.1) is 10.1 Å².